The Kier molecular flexibility index (Phi) is 11.3. The molecule has 0 saturated heterocycles. The molecule has 0 saturated carbocycles. The van der Waals surface area contributed by atoms with E-state index >= 15 is 0 Å². The van der Waals surface area contributed by atoms with Crippen LogP contribution in [0.25, 0.3) is 34.0 Å². The van der Waals surface area contributed by atoms with Crippen molar-refractivity contribution >= 4 is 34.0 Å². The molecule has 56 heavy (non-hydrogen) atoms. The molecule has 0 radical (unpaired) electrons. The smallest absolute Gasteiger partial charge is 0.0705 e. The van der Waals surface area contributed by atoms with Crippen molar-refractivity contribution < 1.29 is 5.11 Å². The molecule has 0 fully saturated rings. The Morgan fingerprint density at radius 2 is 0.714 bits per heavy atom. The van der Waals surface area contributed by atoms with Crippen LogP contribution in [0.4, 0.5) is 0 Å². The van der Waals surface area contributed by atoms with Gasteiger partial charge < -0.3 is 5.11 Å². The maximum absolute atomic E-state index is 7.00. The third kappa shape index (κ3) is 8.00. The number of aliphatic hydroxyl groups excluding tert-OH is 1. The van der Waals surface area contributed by atoms with E-state index in [1.54, 1.807) is 0 Å². The molecule has 2 aliphatic rings. The van der Waals surface area contributed by atoms with E-state index in [4.69, 9.17) is 15.1 Å². The Balaban J connectivity index is 0.000000151. The van der Waals surface area contributed by atoms with Crippen LogP contribution in [0.15, 0.2) is 194 Å². The minimum Gasteiger partial charge on any atom is -0.400 e. The normalized spacial score (nSPS) is 15.4. The molecule has 3 heteroatoms. The van der Waals surface area contributed by atoms with Crippen LogP contribution in [-0.4, -0.2) is 22.2 Å². The van der Waals surface area contributed by atoms with Crippen molar-refractivity contribution in [2.24, 2.45) is 11.8 Å². The lowest BCUT2D eigenvalue weighted by Gasteiger charge is -2.28. The van der Waals surface area contributed by atoms with Gasteiger partial charge in [-0.25, -0.2) is 0 Å². The fraction of sp³-hybridized carbons (Fsp3) is 0.132. The van der Waals surface area contributed by atoms with Gasteiger partial charge in [0.05, 0.1) is 11.0 Å². The summed E-state index contributed by atoms with van der Waals surface area (Å²) in [6, 6.07) is 64.7. The maximum Gasteiger partial charge on any atom is 0.0705 e. The molecule has 10 rings (SSSR count). The summed E-state index contributed by atoms with van der Waals surface area (Å²) in [7, 11) is 1.00. The molecule has 6 aromatic carbocycles. The first kappa shape index (κ1) is 36.6. The van der Waals surface area contributed by atoms with E-state index in [9.17, 15) is 0 Å². The second-order valence-electron chi connectivity index (χ2n) is 14.5. The highest BCUT2D eigenvalue weighted by Crippen LogP contribution is 2.40. The number of rotatable bonds is 6. The molecule has 1 N–H and O–H groups in total. The standard InChI is InChI=1S/2C26H21N.CH4O/c2*1-3-9-19(10-4-1)26(20-11-5-2-6-12-20)23-16-15-22-17-21-13-7-8-14-24(21)27-25(22)18-23;1-2/h2*1-17,23,26H,18H2;2H,1H3/t2*23-;/m11./s1. The summed E-state index contributed by atoms with van der Waals surface area (Å²) in [5.41, 5.74) is 12.5. The molecular weight excluding hydrogens is 681 g/mol. The molecule has 0 unspecified atom stereocenters. The average molecular weight is 727 g/mol. The molecule has 0 spiro atoms. The number of benzene rings is 6. The number of para-hydroxylation sites is 2. The first-order valence-corrected chi connectivity index (χ1v) is 19.5. The van der Waals surface area contributed by atoms with Crippen LogP contribution >= 0.6 is 0 Å². The highest BCUT2D eigenvalue weighted by Gasteiger charge is 2.28. The van der Waals surface area contributed by atoms with Crippen LogP contribution < -0.4 is 0 Å². The van der Waals surface area contributed by atoms with E-state index in [2.05, 4.69) is 206 Å². The number of hydrogen-bond donors (Lipinski definition) is 1. The molecule has 0 amide bonds. The topological polar surface area (TPSA) is 46.0 Å². The van der Waals surface area contributed by atoms with Gasteiger partial charge >= 0.3 is 0 Å². The molecule has 0 aliphatic heterocycles. The van der Waals surface area contributed by atoms with Crippen molar-refractivity contribution in [3.8, 4) is 0 Å². The van der Waals surface area contributed by atoms with E-state index in [1.165, 1.54) is 55.5 Å². The van der Waals surface area contributed by atoms with E-state index < -0.39 is 0 Å². The van der Waals surface area contributed by atoms with Gasteiger partial charge in [0, 0.05) is 41.1 Å². The second kappa shape index (κ2) is 17.4. The Morgan fingerprint density at radius 1 is 0.411 bits per heavy atom. The van der Waals surface area contributed by atoms with Crippen LogP contribution in [0.1, 0.15) is 56.6 Å². The first-order valence-electron chi connectivity index (χ1n) is 19.5. The zero-order chi connectivity index (χ0) is 38.1. The minimum atomic E-state index is 0.338. The molecule has 0 bridgehead atoms. The van der Waals surface area contributed by atoms with Crippen LogP contribution in [0.5, 0.6) is 0 Å². The van der Waals surface area contributed by atoms with E-state index in [-0.39, 0.29) is 0 Å². The van der Waals surface area contributed by atoms with Crippen LogP contribution in [0, 0.1) is 11.8 Å². The SMILES string of the molecule is C1=C[C@@H](C(c2ccccc2)c2ccccc2)Cc2nc3ccccc3cc21.C1=C[C@@H](C(c2ccccc2)c2ccccc2)Cc2nc3ccccc3cc21.CO. The molecule has 274 valence electrons. The van der Waals surface area contributed by atoms with Crippen LogP contribution in [0.2, 0.25) is 0 Å². The van der Waals surface area contributed by atoms with Gasteiger partial charge in [-0.05, 0) is 82.3 Å². The Hall–Kier alpha value is -6.42. The van der Waals surface area contributed by atoms with Crippen molar-refractivity contribution in [3.05, 3.63) is 239 Å². The molecule has 8 aromatic rings. The molecule has 2 atom stereocenters. The predicted molar refractivity (Wildman–Crippen MR) is 234 cm³/mol. The Morgan fingerprint density at radius 3 is 1.05 bits per heavy atom. The molecule has 2 aromatic heterocycles. The Bertz CT molecular complexity index is 2300. The number of aromatic nitrogens is 2. The quantitative estimate of drug-likeness (QED) is 0.186. The zero-order valence-electron chi connectivity index (χ0n) is 31.7. The fourth-order valence-electron chi connectivity index (χ4n) is 8.47. The van der Waals surface area contributed by atoms with Gasteiger partial charge in [0.15, 0.2) is 0 Å². The number of pyridine rings is 2. The molecule has 3 nitrogen and oxygen atoms in total. The third-order valence-electron chi connectivity index (χ3n) is 11.1. The number of aliphatic hydroxyl groups is 1. The lowest BCUT2D eigenvalue weighted by atomic mass is 9.76. The van der Waals surface area contributed by atoms with E-state index in [0.717, 1.165) is 31.0 Å². The summed E-state index contributed by atoms with van der Waals surface area (Å²) in [6.45, 7) is 0. The summed E-state index contributed by atoms with van der Waals surface area (Å²) in [6.07, 6.45) is 11.2. The lowest BCUT2D eigenvalue weighted by molar-refractivity contribution is 0.399. The summed E-state index contributed by atoms with van der Waals surface area (Å²) >= 11 is 0. The molecular formula is C53H46N2O. The number of fused-ring (bicyclic) bond motifs is 4. The monoisotopic (exact) mass is 726 g/mol. The summed E-state index contributed by atoms with van der Waals surface area (Å²) in [4.78, 5) is 9.97. The highest BCUT2D eigenvalue weighted by atomic mass is 16.2. The number of hydrogen-bond acceptors (Lipinski definition) is 3. The largest absolute Gasteiger partial charge is 0.400 e. The van der Waals surface area contributed by atoms with Gasteiger partial charge in [-0.1, -0.05) is 182 Å². The van der Waals surface area contributed by atoms with Gasteiger partial charge in [0.25, 0.3) is 0 Å². The highest BCUT2D eigenvalue weighted by molar-refractivity contribution is 5.83. The van der Waals surface area contributed by atoms with E-state index in [0.29, 0.717) is 23.7 Å². The Labute approximate surface area is 330 Å². The number of nitrogens with zero attached hydrogens (tertiary/aromatic N) is 2. The average Bonchev–Trinajstić information content (AvgIpc) is 3.27. The fourth-order valence-corrected chi connectivity index (χ4v) is 8.47. The van der Waals surface area contributed by atoms with Crippen molar-refractivity contribution in [1.82, 2.24) is 9.97 Å². The second-order valence-corrected chi connectivity index (χ2v) is 14.5. The lowest BCUT2D eigenvalue weighted by Crippen LogP contribution is -2.18. The van der Waals surface area contributed by atoms with Crippen molar-refractivity contribution in [1.29, 1.82) is 0 Å². The summed E-state index contributed by atoms with van der Waals surface area (Å²) in [5.74, 6) is 1.47. The third-order valence-corrected chi connectivity index (χ3v) is 11.1. The summed E-state index contributed by atoms with van der Waals surface area (Å²) in [5, 5.41) is 9.42. The van der Waals surface area contributed by atoms with Gasteiger partial charge in [-0.3, -0.25) is 9.97 Å². The first-order chi connectivity index (χ1) is 27.8. The predicted octanol–water partition coefficient (Wildman–Crippen LogP) is 12.1. The van der Waals surface area contributed by atoms with Gasteiger partial charge in [0.1, 0.15) is 0 Å². The molecule has 2 heterocycles. The zero-order valence-corrected chi connectivity index (χ0v) is 31.7. The van der Waals surface area contributed by atoms with Crippen molar-refractivity contribution in [3.63, 3.8) is 0 Å². The van der Waals surface area contributed by atoms with Crippen molar-refractivity contribution in [2.45, 2.75) is 24.7 Å². The van der Waals surface area contributed by atoms with Crippen LogP contribution in [0.3, 0.4) is 0 Å². The summed E-state index contributed by atoms with van der Waals surface area (Å²) < 4.78 is 0. The number of allylic oxidation sites excluding steroid dienone is 2. The van der Waals surface area contributed by atoms with Gasteiger partial charge in [0.2, 0.25) is 0 Å². The van der Waals surface area contributed by atoms with Crippen molar-refractivity contribution in [2.75, 3.05) is 7.11 Å². The van der Waals surface area contributed by atoms with Gasteiger partial charge in [-0.15, -0.1) is 0 Å². The molecule has 2 aliphatic carbocycles. The van der Waals surface area contributed by atoms with E-state index in [1.807, 2.05) is 0 Å². The minimum absolute atomic E-state index is 0.338. The van der Waals surface area contributed by atoms with Crippen LogP contribution in [-0.2, 0) is 12.8 Å². The maximum atomic E-state index is 7.00. The van der Waals surface area contributed by atoms with Gasteiger partial charge in [-0.2, -0.15) is 0 Å².